The number of nitrogens with zero attached hydrogens (tertiary/aromatic N) is 2. The van der Waals surface area contributed by atoms with Crippen LogP contribution in [0.3, 0.4) is 0 Å². The Bertz CT molecular complexity index is 636. The van der Waals surface area contributed by atoms with Crippen molar-refractivity contribution in [1.29, 1.82) is 0 Å². The number of piperidine rings is 1. The van der Waals surface area contributed by atoms with E-state index in [4.69, 9.17) is 13.9 Å². The summed E-state index contributed by atoms with van der Waals surface area (Å²) < 4.78 is 15.7. The number of furan rings is 1. The molecule has 2 aliphatic rings. The molecule has 1 unspecified atom stereocenters. The Morgan fingerprint density at radius 2 is 1.96 bits per heavy atom. The summed E-state index contributed by atoms with van der Waals surface area (Å²) in [6.45, 7) is 4.14. The van der Waals surface area contributed by atoms with Gasteiger partial charge in [-0.15, -0.1) is 0 Å². The van der Waals surface area contributed by atoms with E-state index >= 15 is 0 Å². The van der Waals surface area contributed by atoms with E-state index in [9.17, 15) is 14.4 Å². The molecule has 0 aromatic carbocycles. The normalized spacial score (nSPS) is 21.5. The second kappa shape index (κ2) is 8.35. The summed E-state index contributed by atoms with van der Waals surface area (Å²) in [6.07, 6.45) is 2.51. The third kappa shape index (κ3) is 4.43. The molecule has 0 spiro atoms. The van der Waals surface area contributed by atoms with Gasteiger partial charge in [0.15, 0.2) is 12.4 Å². The van der Waals surface area contributed by atoms with Crippen LogP contribution in [0.5, 0.6) is 0 Å². The topological polar surface area (TPSA) is 89.3 Å². The minimum atomic E-state index is -0.371. The molecule has 0 radical (unpaired) electrons. The molecule has 8 nitrogen and oxygen atoms in total. The van der Waals surface area contributed by atoms with Crippen LogP contribution in [0.15, 0.2) is 22.8 Å². The number of carbonyl (C=O) groups excluding carboxylic acids is 3. The van der Waals surface area contributed by atoms with Crippen LogP contribution in [0.25, 0.3) is 0 Å². The van der Waals surface area contributed by atoms with E-state index in [2.05, 4.69) is 0 Å². The van der Waals surface area contributed by atoms with E-state index < -0.39 is 0 Å². The summed E-state index contributed by atoms with van der Waals surface area (Å²) in [4.78, 5) is 39.9. The molecule has 26 heavy (non-hydrogen) atoms. The van der Waals surface area contributed by atoms with E-state index in [0.29, 0.717) is 51.4 Å². The van der Waals surface area contributed by atoms with Gasteiger partial charge in [-0.25, -0.2) is 0 Å². The van der Waals surface area contributed by atoms with Crippen LogP contribution in [0.4, 0.5) is 0 Å². The highest BCUT2D eigenvalue weighted by Gasteiger charge is 2.30. The number of amides is 2. The minimum Gasteiger partial charge on any atom is -0.459 e. The van der Waals surface area contributed by atoms with Gasteiger partial charge in [-0.05, 0) is 31.9 Å². The highest BCUT2D eigenvalue weighted by atomic mass is 16.5. The summed E-state index contributed by atoms with van der Waals surface area (Å²) in [5, 5.41) is 0. The van der Waals surface area contributed by atoms with Crippen molar-refractivity contribution in [3.05, 3.63) is 24.2 Å². The average Bonchev–Trinajstić information content (AvgIpc) is 3.20. The zero-order valence-electron chi connectivity index (χ0n) is 14.9. The maximum absolute atomic E-state index is 12.2. The van der Waals surface area contributed by atoms with Crippen LogP contribution in [0.2, 0.25) is 0 Å². The molecule has 0 aliphatic carbocycles. The van der Waals surface area contributed by atoms with Crippen LogP contribution in [0, 0.1) is 5.92 Å². The fourth-order valence-corrected chi connectivity index (χ4v) is 3.26. The molecule has 2 fully saturated rings. The summed E-state index contributed by atoms with van der Waals surface area (Å²) in [6, 6.07) is 3.30. The van der Waals surface area contributed by atoms with Crippen LogP contribution in [-0.4, -0.2) is 73.1 Å². The smallest absolute Gasteiger partial charge is 0.309 e. The molecule has 3 heterocycles. The third-order valence-electron chi connectivity index (χ3n) is 4.78. The van der Waals surface area contributed by atoms with Gasteiger partial charge in [0.1, 0.15) is 0 Å². The van der Waals surface area contributed by atoms with Crippen molar-refractivity contribution in [3.8, 4) is 0 Å². The van der Waals surface area contributed by atoms with E-state index in [1.54, 1.807) is 21.9 Å². The van der Waals surface area contributed by atoms with E-state index in [0.717, 1.165) is 0 Å². The van der Waals surface area contributed by atoms with Gasteiger partial charge < -0.3 is 23.7 Å². The van der Waals surface area contributed by atoms with E-state index in [1.165, 1.54) is 6.26 Å². The minimum absolute atomic E-state index is 0.000530. The first kappa shape index (κ1) is 18.4. The summed E-state index contributed by atoms with van der Waals surface area (Å²) in [5.41, 5.74) is 0. The molecule has 142 valence electrons. The van der Waals surface area contributed by atoms with Gasteiger partial charge in [0.25, 0.3) is 11.8 Å². The Labute approximate surface area is 152 Å². The lowest BCUT2D eigenvalue weighted by atomic mass is 9.97. The third-order valence-corrected chi connectivity index (χ3v) is 4.78. The second-order valence-electron chi connectivity index (χ2n) is 6.67. The predicted octanol–water partition coefficient (Wildman–Crippen LogP) is 0.922. The van der Waals surface area contributed by atoms with Gasteiger partial charge in [0, 0.05) is 26.2 Å². The molecular weight excluding hydrogens is 340 g/mol. The molecule has 2 aliphatic heterocycles. The van der Waals surface area contributed by atoms with Crippen molar-refractivity contribution in [1.82, 2.24) is 9.80 Å². The van der Waals surface area contributed by atoms with Crippen LogP contribution in [0.1, 0.15) is 30.3 Å². The first-order chi connectivity index (χ1) is 12.5. The maximum Gasteiger partial charge on any atom is 0.309 e. The number of hydrogen-bond acceptors (Lipinski definition) is 6. The second-order valence-corrected chi connectivity index (χ2v) is 6.67. The lowest BCUT2D eigenvalue weighted by Crippen LogP contribution is -2.46. The quantitative estimate of drug-likeness (QED) is 0.738. The molecule has 0 N–H and O–H groups in total. The van der Waals surface area contributed by atoms with Crippen molar-refractivity contribution in [3.63, 3.8) is 0 Å². The number of rotatable bonds is 4. The number of morpholine rings is 1. The predicted molar refractivity (Wildman–Crippen MR) is 90.3 cm³/mol. The van der Waals surface area contributed by atoms with Gasteiger partial charge in [-0.2, -0.15) is 0 Å². The SMILES string of the molecule is CC1CN(C(=O)COC(=O)C2CCN(C(=O)c3ccco3)CC2)CCO1. The van der Waals surface area contributed by atoms with Crippen molar-refractivity contribution >= 4 is 17.8 Å². The molecule has 0 saturated carbocycles. The number of carbonyl (C=O) groups is 3. The fourth-order valence-electron chi connectivity index (χ4n) is 3.26. The van der Waals surface area contributed by atoms with Crippen molar-refractivity contribution in [2.24, 2.45) is 5.92 Å². The Kier molecular flexibility index (Phi) is 5.92. The Balaban J connectivity index is 1.41. The van der Waals surface area contributed by atoms with Gasteiger partial charge in [-0.1, -0.05) is 0 Å². The summed E-state index contributed by atoms with van der Waals surface area (Å²) in [7, 11) is 0. The summed E-state index contributed by atoms with van der Waals surface area (Å²) in [5.74, 6) is -0.717. The first-order valence-corrected chi connectivity index (χ1v) is 8.93. The first-order valence-electron chi connectivity index (χ1n) is 8.93. The Hall–Kier alpha value is -2.35. The Morgan fingerprint density at radius 1 is 1.19 bits per heavy atom. The summed E-state index contributed by atoms with van der Waals surface area (Å²) >= 11 is 0. The van der Waals surface area contributed by atoms with Crippen LogP contribution < -0.4 is 0 Å². The molecule has 1 aromatic heterocycles. The highest BCUT2D eigenvalue weighted by molar-refractivity contribution is 5.91. The monoisotopic (exact) mass is 364 g/mol. The number of esters is 1. The molecule has 2 saturated heterocycles. The van der Waals surface area contributed by atoms with E-state index in [-0.39, 0.29) is 36.4 Å². The molecular formula is C18H24N2O6. The molecule has 1 aromatic rings. The average molecular weight is 364 g/mol. The van der Waals surface area contributed by atoms with Crippen LogP contribution >= 0.6 is 0 Å². The maximum atomic E-state index is 12.2. The number of likely N-dealkylation sites (tertiary alicyclic amines) is 1. The molecule has 2 amide bonds. The molecule has 1 atom stereocenters. The van der Waals surface area contributed by atoms with Crippen molar-refractivity contribution in [2.45, 2.75) is 25.9 Å². The highest BCUT2D eigenvalue weighted by Crippen LogP contribution is 2.20. The molecule has 3 rings (SSSR count). The van der Waals surface area contributed by atoms with Crippen molar-refractivity contribution < 1.29 is 28.3 Å². The lowest BCUT2D eigenvalue weighted by molar-refractivity contribution is -0.158. The van der Waals surface area contributed by atoms with Gasteiger partial charge in [-0.3, -0.25) is 14.4 Å². The van der Waals surface area contributed by atoms with Gasteiger partial charge in [0.05, 0.1) is 24.9 Å². The zero-order chi connectivity index (χ0) is 18.5. The van der Waals surface area contributed by atoms with Gasteiger partial charge in [0.2, 0.25) is 0 Å². The van der Waals surface area contributed by atoms with Gasteiger partial charge >= 0.3 is 5.97 Å². The number of ether oxygens (including phenoxy) is 2. The largest absolute Gasteiger partial charge is 0.459 e. The van der Waals surface area contributed by atoms with Crippen LogP contribution in [-0.2, 0) is 19.1 Å². The van der Waals surface area contributed by atoms with E-state index in [1.807, 2.05) is 6.92 Å². The number of hydrogen-bond donors (Lipinski definition) is 0. The standard InChI is InChI=1S/C18H24N2O6/c1-13-11-20(8-10-24-13)16(21)12-26-18(23)14-4-6-19(7-5-14)17(22)15-3-2-9-25-15/h2-3,9,13-14H,4-8,10-12H2,1H3. The Morgan fingerprint density at radius 3 is 2.62 bits per heavy atom. The lowest BCUT2D eigenvalue weighted by Gasteiger charge is -2.32. The van der Waals surface area contributed by atoms with Crippen molar-refractivity contribution in [2.75, 3.05) is 39.4 Å². The zero-order valence-corrected chi connectivity index (χ0v) is 14.9. The molecule has 8 heteroatoms. The fraction of sp³-hybridized carbons (Fsp3) is 0.611. The molecule has 0 bridgehead atoms.